The molecular formula is HBiClNiO. The normalized spacial score (nSPS) is 1.00. The number of rotatable bonds is 0. The van der Waals surface area contributed by atoms with Gasteiger partial charge in [0, 0.05) is 16.5 Å². The van der Waals surface area contributed by atoms with Crippen molar-refractivity contribution in [2.45, 2.75) is 0 Å². The molecule has 0 rings (SSSR count). The van der Waals surface area contributed by atoms with Crippen molar-refractivity contribution in [3.63, 3.8) is 0 Å². The van der Waals surface area contributed by atoms with E-state index in [0.717, 1.165) is 0 Å². The SMILES string of the molecule is Cl.[Ni].[O]=[Bi]. The monoisotopic (exact) mass is 319 g/mol. The molecule has 0 aromatic rings. The van der Waals surface area contributed by atoms with Gasteiger partial charge in [0.15, 0.2) is 0 Å². The quantitative estimate of drug-likeness (QED) is 0.571. The Morgan fingerprint density at radius 2 is 1.25 bits per heavy atom. The van der Waals surface area contributed by atoms with Gasteiger partial charge in [-0.15, -0.1) is 12.4 Å². The van der Waals surface area contributed by atoms with E-state index in [-0.39, 0.29) is 53.6 Å². The van der Waals surface area contributed by atoms with Crippen LogP contribution in [0.5, 0.6) is 0 Å². The molecule has 0 saturated heterocycles. The molecule has 0 aliphatic heterocycles. The van der Waals surface area contributed by atoms with E-state index in [0.29, 0.717) is 0 Å². The Morgan fingerprint density at radius 3 is 1.25 bits per heavy atom. The molecule has 0 spiro atoms. The second-order valence-corrected chi connectivity index (χ2v) is 0. The molecule has 0 atom stereocenters. The van der Waals surface area contributed by atoms with E-state index in [1.165, 1.54) is 0 Å². The topological polar surface area (TPSA) is 17.1 Å². The molecule has 0 N–H and O–H groups in total. The number of hydrogen-bond acceptors (Lipinski definition) is 1. The third-order valence-corrected chi connectivity index (χ3v) is 0. The van der Waals surface area contributed by atoms with Gasteiger partial charge in [-0.25, -0.2) is 0 Å². The van der Waals surface area contributed by atoms with Crippen molar-refractivity contribution in [2.24, 2.45) is 0 Å². The Bertz CT molecular complexity index is 8.00. The van der Waals surface area contributed by atoms with E-state index < -0.39 is 0 Å². The van der Waals surface area contributed by atoms with Gasteiger partial charge >= 0.3 is 27.5 Å². The van der Waals surface area contributed by atoms with Crippen LogP contribution in [0.2, 0.25) is 0 Å². The fourth-order valence-corrected chi connectivity index (χ4v) is 0. The summed E-state index contributed by atoms with van der Waals surface area (Å²) in [7, 11) is 0. The summed E-state index contributed by atoms with van der Waals surface area (Å²) in [4.78, 5) is 0. The van der Waals surface area contributed by atoms with Gasteiger partial charge in [0.25, 0.3) is 0 Å². The summed E-state index contributed by atoms with van der Waals surface area (Å²) in [6.07, 6.45) is 0. The average molecular weight is 320 g/mol. The Kier molecular flexibility index (Phi) is 112. The van der Waals surface area contributed by atoms with E-state index in [1.807, 2.05) is 0 Å². The number of hydrogen-bond donors (Lipinski definition) is 0. The summed E-state index contributed by atoms with van der Waals surface area (Å²) in [6.45, 7) is 0. The van der Waals surface area contributed by atoms with Crippen LogP contribution < -0.4 is 0 Å². The third kappa shape index (κ3) is 9.81. The summed E-state index contributed by atoms with van der Waals surface area (Å²) in [5.41, 5.74) is 0. The van der Waals surface area contributed by atoms with Gasteiger partial charge < -0.3 is 0 Å². The van der Waals surface area contributed by atoms with E-state index in [2.05, 4.69) is 0 Å². The van der Waals surface area contributed by atoms with Crippen LogP contribution in [0.25, 0.3) is 0 Å². The molecule has 4 heteroatoms. The number of halogens is 1. The van der Waals surface area contributed by atoms with E-state index in [1.54, 1.807) is 0 Å². The standard InChI is InChI=1S/Bi.ClH.Ni.O/h;1H;;. The molecule has 1 nitrogen and oxygen atoms in total. The van der Waals surface area contributed by atoms with Crippen LogP contribution in [0.1, 0.15) is 0 Å². The molecule has 29 valence electrons. The van der Waals surface area contributed by atoms with Crippen LogP contribution in [-0.4, -0.2) is 24.7 Å². The molecule has 0 amide bonds. The maximum atomic E-state index is 8.36. The molecular weight excluding hydrogens is 319 g/mol. The van der Waals surface area contributed by atoms with E-state index >= 15 is 0 Å². The maximum absolute atomic E-state index is 8.36. The van der Waals surface area contributed by atoms with Crippen molar-refractivity contribution >= 4 is 37.1 Å². The first-order valence-electron chi connectivity index (χ1n) is 0.183. The van der Waals surface area contributed by atoms with Crippen molar-refractivity contribution in [2.75, 3.05) is 0 Å². The van der Waals surface area contributed by atoms with Crippen LogP contribution in [-0.2, 0) is 19.3 Å². The Labute approximate surface area is 56.2 Å². The van der Waals surface area contributed by atoms with Gasteiger partial charge in [-0.2, -0.15) is 0 Å². The Hall–Kier alpha value is 1.47. The van der Waals surface area contributed by atoms with Gasteiger partial charge in [0.05, 0.1) is 0 Å². The summed E-state index contributed by atoms with van der Waals surface area (Å²) < 4.78 is 8.36. The first-order chi connectivity index (χ1) is 1.00. The van der Waals surface area contributed by atoms with Crippen molar-refractivity contribution in [1.82, 2.24) is 0 Å². The summed E-state index contributed by atoms with van der Waals surface area (Å²) >= 11 is 0.194. The first kappa shape index (κ1) is 17.9. The van der Waals surface area contributed by atoms with Crippen molar-refractivity contribution < 1.29 is 19.3 Å². The molecule has 0 fully saturated rings. The van der Waals surface area contributed by atoms with Crippen molar-refractivity contribution in [3.8, 4) is 0 Å². The van der Waals surface area contributed by atoms with Crippen molar-refractivity contribution in [1.29, 1.82) is 0 Å². The van der Waals surface area contributed by atoms with Crippen LogP contribution in [0.3, 0.4) is 0 Å². The van der Waals surface area contributed by atoms with Crippen LogP contribution in [0.15, 0.2) is 0 Å². The fourth-order valence-electron chi connectivity index (χ4n) is 0. The zero-order chi connectivity index (χ0) is 2.00. The van der Waals surface area contributed by atoms with E-state index in [4.69, 9.17) is 2.81 Å². The molecule has 4 heavy (non-hydrogen) atoms. The summed E-state index contributed by atoms with van der Waals surface area (Å²) in [5, 5.41) is 0. The van der Waals surface area contributed by atoms with Gasteiger partial charge in [0.1, 0.15) is 0 Å². The fraction of sp³-hybridized carbons (Fsp3) is 0. The van der Waals surface area contributed by atoms with Crippen LogP contribution in [0.4, 0.5) is 0 Å². The van der Waals surface area contributed by atoms with Crippen LogP contribution >= 0.6 is 12.4 Å². The Morgan fingerprint density at radius 1 is 1.25 bits per heavy atom. The van der Waals surface area contributed by atoms with Gasteiger partial charge in [0.2, 0.25) is 0 Å². The molecule has 0 bridgehead atoms. The summed E-state index contributed by atoms with van der Waals surface area (Å²) in [5.74, 6) is 0. The minimum absolute atomic E-state index is 0. The van der Waals surface area contributed by atoms with E-state index in [9.17, 15) is 0 Å². The van der Waals surface area contributed by atoms with Crippen molar-refractivity contribution in [3.05, 3.63) is 0 Å². The third-order valence-electron chi connectivity index (χ3n) is 0. The first-order valence-corrected chi connectivity index (χ1v) is 1.60. The Balaban J connectivity index is -0.00000000500. The van der Waals surface area contributed by atoms with Gasteiger partial charge in [-0.05, 0) is 0 Å². The molecule has 0 aliphatic rings. The van der Waals surface area contributed by atoms with Gasteiger partial charge in [-0.1, -0.05) is 0 Å². The average Bonchev–Trinajstić information content (AvgIpc) is 1.00. The van der Waals surface area contributed by atoms with Crippen LogP contribution in [0, 0.1) is 0 Å². The predicted molar refractivity (Wildman–Crippen MR) is 13.7 cm³/mol. The molecule has 1 radical (unpaired) electrons. The molecule has 0 aromatic heterocycles. The zero-order valence-corrected chi connectivity index (χ0v) is 6.86. The van der Waals surface area contributed by atoms with Gasteiger partial charge in [-0.3, -0.25) is 0 Å². The second-order valence-electron chi connectivity index (χ2n) is 0. The second kappa shape index (κ2) is 25.0. The predicted octanol–water partition coefficient (Wildman–Crippen LogP) is -0.0803. The zero-order valence-electron chi connectivity index (χ0n) is 1.58. The molecule has 0 aliphatic carbocycles. The minimum atomic E-state index is 0. The molecule has 0 saturated carbocycles. The molecule has 0 heterocycles. The molecule has 0 aromatic carbocycles. The summed E-state index contributed by atoms with van der Waals surface area (Å²) in [6, 6.07) is 0. The molecule has 0 unspecified atom stereocenters.